The van der Waals surface area contributed by atoms with E-state index in [1.54, 1.807) is 0 Å². The molecule has 21 heteroatoms. The molecule has 6 N–H and O–H groups in total. The number of aromatic nitrogens is 2. The highest BCUT2D eigenvalue weighted by atomic mass is 31.3. The monoisotopic (exact) mass is 1040 g/mol. The lowest BCUT2D eigenvalue weighted by molar-refractivity contribution is -0.161. The molecule has 1 aromatic heterocycles. The Bertz CT molecular complexity index is 2040. The summed E-state index contributed by atoms with van der Waals surface area (Å²) in [7, 11) is -10.9. The summed E-state index contributed by atoms with van der Waals surface area (Å²) in [6.07, 6.45) is 35.9. The van der Waals surface area contributed by atoms with Gasteiger partial charge in [0.05, 0.1) is 25.4 Å². The number of nitrogens with zero attached hydrogens (tertiary/aromatic N) is 2. The number of ether oxygens (including phenoxy) is 4. The number of allylic oxidation sites excluding steroid dienone is 10. The van der Waals surface area contributed by atoms with Gasteiger partial charge in [0.25, 0.3) is 0 Å². The molecule has 0 amide bonds. The number of carbonyl (C=O) groups is 2. The van der Waals surface area contributed by atoms with Gasteiger partial charge in [0, 0.05) is 19.0 Å². The fourth-order valence-electron chi connectivity index (χ4n) is 7.12. The van der Waals surface area contributed by atoms with Crippen molar-refractivity contribution in [3.8, 4) is 0 Å². The van der Waals surface area contributed by atoms with Gasteiger partial charge in [0.15, 0.2) is 12.3 Å². The molecule has 0 aromatic carbocycles. The molecule has 3 heterocycles. The number of unbranched alkanes of at least 4 members (excludes halogenated alkanes) is 9. The highest BCUT2D eigenvalue weighted by molar-refractivity contribution is 7.61. The molecule has 2 fully saturated rings. The Morgan fingerprint density at radius 2 is 1.21 bits per heavy atom. The maximum Gasteiger partial charge on any atom is 0.481 e. The maximum absolute atomic E-state index is 12.9. The van der Waals surface area contributed by atoms with E-state index < -0.39 is 83.7 Å². The predicted molar refractivity (Wildman–Crippen MR) is 270 cm³/mol. The smallest absolute Gasteiger partial charge is 0.462 e. The Morgan fingerprint density at radius 1 is 0.690 bits per heavy atom. The van der Waals surface area contributed by atoms with Crippen molar-refractivity contribution < 1.29 is 71.0 Å². The molecular weight excluding hydrogens is 961 g/mol. The van der Waals surface area contributed by atoms with Gasteiger partial charge in [0.1, 0.15) is 30.7 Å². The van der Waals surface area contributed by atoms with Gasteiger partial charge in [-0.25, -0.2) is 13.9 Å². The number of nitrogens with two attached hydrogens (primary N) is 1. The van der Waals surface area contributed by atoms with Crippen molar-refractivity contribution in [3.05, 3.63) is 95.7 Å². The first kappa shape index (κ1) is 61.5. The van der Waals surface area contributed by atoms with Crippen LogP contribution < -0.4 is 11.4 Å². The van der Waals surface area contributed by atoms with Crippen molar-refractivity contribution in [2.24, 2.45) is 0 Å². The van der Waals surface area contributed by atoms with Crippen LogP contribution in [-0.4, -0.2) is 97.9 Å². The second-order valence-corrected chi connectivity index (χ2v) is 20.4. The number of esters is 2. The highest BCUT2D eigenvalue weighted by Gasteiger charge is 2.46. The summed E-state index contributed by atoms with van der Waals surface area (Å²) in [6.45, 7) is 1.98. The molecule has 0 saturated carbocycles. The highest BCUT2D eigenvalue weighted by Crippen LogP contribution is 2.60. The molecular formula is C50H79N3O16P2. The van der Waals surface area contributed by atoms with E-state index in [4.69, 9.17) is 33.7 Å². The summed E-state index contributed by atoms with van der Waals surface area (Å²) >= 11 is 0. The number of rotatable bonds is 39. The van der Waals surface area contributed by atoms with Crippen LogP contribution in [0.5, 0.6) is 0 Å². The molecule has 2 aliphatic heterocycles. The molecule has 2 aliphatic rings. The van der Waals surface area contributed by atoms with E-state index in [1.165, 1.54) is 44.6 Å². The molecule has 71 heavy (non-hydrogen) atoms. The van der Waals surface area contributed by atoms with E-state index in [-0.39, 0.29) is 30.9 Å². The summed E-state index contributed by atoms with van der Waals surface area (Å²) in [5, 5.41) is 20.9. The van der Waals surface area contributed by atoms with Crippen LogP contribution in [0, 0.1) is 0 Å². The van der Waals surface area contributed by atoms with Crippen LogP contribution in [0.2, 0.25) is 0 Å². The number of aliphatic hydroxyl groups is 2. The van der Waals surface area contributed by atoms with E-state index in [1.807, 2.05) is 18.2 Å². The van der Waals surface area contributed by atoms with E-state index in [0.29, 0.717) is 19.3 Å². The Morgan fingerprint density at radius 3 is 1.82 bits per heavy atom. The first-order chi connectivity index (χ1) is 34.1. The third-order valence-electron chi connectivity index (χ3n) is 11.2. The lowest BCUT2D eigenvalue weighted by Gasteiger charge is -2.21. The molecule has 0 radical (unpaired) electrons. The molecule has 400 valence electrons. The number of hydrogen-bond acceptors (Lipinski definition) is 16. The standard InChI is InChI=1S/C50H79N3O16P2/c1-3-5-7-9-11-12-13-14-15-16-17-18-21-25-29-33-45(54)63-37-40(66-46(55)34-30-26-22-19-20-24-28-32-42-41(67-42)31-27-23-10-8-6-4-2)38-64-70(59,60)69-71(61,62)65-39-43-47(56)48(57)49(68-43)53-36-35-44(51)52-50(53)58/h11-12,14-15,17-19,22-24,27-28,35-36,40-43,47-49,56-57H,3-10,13,16,20-21,25-26,29-34,37-39H2,1-2H3,(H,59,60)(H,61,62)(H2,51,52,58)/b12-11-,15-14-,18-17-,22-19-,27-23-,28-24-/t40-,41?,42?,43-,47-,48-,49-/m1/s1. The SMILES string of the molecule is CCCCC/C=C\C/C=C\C/C=C\CCCCC(=O)OC[C@H](COP(=O)(O)OP(=O)(O)OC[C@H]1O[C@@H](n2ccc(N)nc2=O)[C@H](O)[C@@H]1O)OC(=O)CCC/C=C\C/C=C\CC1OC1C/C=C\CCCCC. The fourth-order valence-corrected chi connectivity index (χ4v) is 9.23. The zero-order valence-electron chi connectivity index (χ0n) is 41.4. The molecule has 0 aliphatic carbocycles. The topological polar surface area (TPSA) is 278 Å². The van der Waals surface area contributed by atoms with Gasteiger partial charge in [-0.05, 0) is 96.0 Å². The second-order valence-electron chi connectivity index (χ2n) is 17.3. The van der Waals surface area contributed by atoms with Gasteiger partial charge in [0.2, 0.25) is 0 Å². The van der Waals surface area contributed by atoms with Gasteiger partial charge in [-0.1, -0.05) is 112 Å². The molecule has 9 atom stereocenters. The predicted octanol–water partition coefficient (Wildman–Crippen LogP) is 9.10. The lowest BCUT2D eigenvalue weighted by atomic mass is 10.1. The van der Waals surface area contributed by atoms with Crippen LogP contribution in [0.3, 0.4) is 0 Å². The lowest BCUT2D eigenvalue weighted by Crippen LogP contribution is -2.36. The summed E-state index contributed by atoms with van der Waals surface area (Å²) in [6, 6.07) is 1.24. The van der Waals surface area contributed by atoms with Crippen molar-refractivity contribution in [2.75, 3.05) is 25.6 Å². The van der Waals surface area contributed by atoms with Crippen molar-refractivity contribution in [1.29, 1.82) is 0 Å². The molecule has 2 saturated heterocycles. The molecule has 3 rings (SSSR count). The number of carbonyl (C=O) groups excluding carboxylic acids is 2. The summed E-state index contributed by atoms with van der Waals surface area (Å²) in [4.78, 5) is 61.9. The molecule has 0 bridgehead atoms. The van der Waals surface area contributed by atoms with Gasteiger partial charge < -0.3 is 44.7 Å². The minimum absolute atomic E-state index is 0.0430. The average molecular weight is 1040 g/mol. The second kappa shape index (κ2) is 35.3. The van der Waals surface area contributed by atoms with E-state index in [0.717, 1.165) is 68.6 Å². The summed E-state index contributed by atoms with van der Waals surface area (Å²) in [5.74, 6) is -1.42. The summed E-state index contributed by atoms with van der Waals surface area (Å²) in [5.41, 5.74) is 4.58. The maximum atomic E-state index is 12.9. The van der Waals surface area contributed by atoms with Crippen molar-refractivity contribution in [1.82, 2.24) is 9.55 Å². The molecule has 4 unspecified atom stereocenters. The summed E-state index contributed by atoms with van der Waals surface area (Å²) < 4.78 is 62.4. The number of anilines is 1. The fraction of sp³-hybridized carbons (Fsp3) is 0.640. The Kier molecular flexibility index (Phi) is 30.6. The van der Waals surface area contributed by atoms with Gasteiger partial charge in [-0.2, -0.15) is 9.29 Å². The number of aliphatic hydroxyl groups excluding tert-OH is 2. The van der Waals surface area contributed by atoms with Crippen LogP contribution in [0.15, 0.2) is 90.0 Å². The molecule has 0 spiro atoms. The quantitative estimate of drug-likeness (QED) is 0.0135. The van der Waals surface area contributed by atoms with Crippen LogP contribution in [-0.2, 0) is 51.0 Å². The first-order valence-electron chi connectivity index (χ1n) is 25.1. The van der Waals surface area contributed by atoms with Crippen molar-refractivity contribution in [3.63, 3.8) is 0 Å². The number of phosphoric ester groups is 2. The van der Waals surface area contributed by atoms with Crippen LogP contribution in [0.4, 0.5) is 5.82 Å². The van der Waals surface area contributed by atoms with Crippen molar-refractivity contribution in [2.45, 2.75) is 185 Å². The molecule has 1 aromatic rings. The van der Waals surface area contributed by atoms with Crippen LogP contribution in [0.1, 0.15) is 148 Å². The number of epoxide rings is 1. The van der Waals surface area contributed by atoms with Crippen molar-refractivity contribution >= 4 is 33.4 Å². The largest absolute Gasteiger partial charge is 0.481 e. The van der Waals surface area contributed by atoms with Gasteiger partial charge >= 0.3 is 33.3 Å². The number of phosphoric acid groups is 2. The zero-order chi connectivity index (χ0) is 51.7. The number of hydrogen-bond donors (Lipinski definition) is 5. The Labute approximate surface area is 419 Å². The third-order valence-corrected chi connectivity index (χ3v) is 13.8. The Hall–Kier alpha value is -3.84. The minimum Gasteiger partial charge on any atom is -0.462 e. The van der Waals surface area contributed by atoms with E-state index in [2.05, 4.69) is 77.8 Å². The van der Waals surface area contributed by atoms with Crippen LogP contribution >= 0.6 is 15.6 Å². The zero-order valence-corrected chi connectivity index (χ0v) is 43.2. The normalized spacial score (nSPS) is 22.6. The van der Waals surface area contributed by atoms with E-state index >= 15 is 0 Å². The average Bonchev–Trinajstić information content (AvgIpc) is 4.02. The number of nitrogen functional groups attached to an aromatic ring is 1. The Balaban J connectivity index is 1.44. The molecule has 19 nitrogen and oxygen atoms in total. The van der Waals surface area contributed by atoms with Gasteiger partial charge in [-0.15, -0.1) is 0 Å². The van der Waals surface area contributed by atoms with E-state index in [9.17, 15) is 43.5 Å². The van der Waals surface area contributed by atoms with Gasteiger partial charge in [-0.3, -0.25) is 23.2 Å². The third kappa shape index (κ3) is 27.7. The first-order valence-corrected chi connectivity index (χ1v) is 28.1. The van der Waals surface area contributed by atoms with Crippen LogP contribution in [0.25, 0.3) is 0 Å². The minimum atomic E-state index is -5.45.